The van der Waals surface area contributed by atoms with Crippen molar-refractivity contribution in [3.63, 3.8) is 0 Å². The van der Waals surface area contributed by atoms with Crippen LogP contribution in [0.25, 0.3) is 0 Å². The van der Waals surface area contributed by atoms with Gasteiger partial charge in [-0.3, -0.25) is 9.59 Å². The van der Waals surface area contributed by atoms with Gasteiger partial charge in [0.15, 0.2) is 15.7 Å². The van der Waals surface area contributed by atoms with Crippen LogP contribution in [0.1, 0.15) is 50.0 Å². The van der Waals surface area contributed by atoms with Gasteiger partial charge in [-0.2, -0.15) is 4.98 Å². The molecule has 3 aromatic rings. The number of methoxy groups -OCH3 is 1. The second-order valence-electron chi connectivity index (χ2n) is 11.2. The summed E-state index contributed by atoms with van der Waals surface area (Å²) < 4.78 is 36.9. The van der Waals surface area contributed by atoms with Crippen molar-refractivity contribution in [3.05, 3.63) is 58.7 Å². The number of carbonyl (C=O) groups excluding carboxylic acids is 2. The van der Waals surface area contributed by atoms with E-state index in [4.69, 9.17) is 21.1 Å². The van der Waals surface area contributed by atoms with E-state index in [0.717, 1.165) is 5.56 Å². The average molecular weight is 643 g/mol. The van der Waals surface area contributed by atoms with Crippen molar-refractivity contribution in [2.75, 3.05) is 24.3 Å². The molecular formula is C30H35ClN6O6S. The number of benzene rings is 2. The number of esters is 1. The maximum Gasteiger partial charge on any atom is 0.322 e. The standard InChI is InChI=1S/C30H35ClN6O6S/c1-16(2)43-25-10-18-15-37(19-11-24(32-13-19)29(39)42-5)28(38)20(18)12-23(25)35-30-33-14-21(31)27(36-30)34-22-8-6-7-9-26(22)44(40,41)17(3)4/h6-10,12,14,16-17,19,24,32H,11,13,15H2,1-5H3,(H2,33,34,35,36)/t19-,24+/m1/s1. The van der Waals surface area contributed by atoms with E-state index in [-0.39, 0.29) is 45.7 Å². The van der Waals surface area contributed by atoms with Crippen molar-refractivity contribution < 1.29 is 27.5 Å². The number of rotatable bonds is 10. The Morgan fingerprint density at radius 3 is 2.59 bits per heavy atom. The van der Waals surface area contributed by atoms with Crippen molar-refractivity contribution >= 4 is 56.5 Å². The molecular weight excluding hydrogens is 608 g/mol. The summed E-state index contributed by atoms with van der Waals surface area (Å²) >= 11 is 6.42. The number of fused-ring (bicyclic) bond motifs is 1. The first-order chi connectivity index (χ1) is 20.9. The van der Waals surface area contributed by atoms with Crippen LogP contribution in [0.5, 0.6) is 5.75 Å². The third-order valence-corrected chi connectivity index (χ3v) is 9.98. The van der Waals surface area contributed by atoms with E-state index in [1.807, 2.05) is 19.9 Å². The molecule has 2 aliphatic heterocycles. The van der Waals surface area contributed by atoms with Crippen LogP contribution in [-0.2, 0) is 25.9 Å². The monoisotopic (exact) mass is 642 g/mol. The van der Waals surface area contributed by atoms with E-state index < -0.39 is 21.1 Å². The molecule has 3 N–H and O–H groups in total. The fourth-order valence-corrected chi connectivity index (χ4v) is 6.56. The molecule has 0 saturated carbocycles. The molecule has 5 rings (SSSR count). The van der Waals surface area contributed by atoms with Crippen LogP contribution in [0.4, 0.5) is 23.1 Å². The number of ether oxygens (including phenoxy) is 2. The lowest BCUT2D eigenvalue weighted by Gasteiger charge is -2.22. The number of aromatic nitrogens is 2. The Morgan fingerprint density at radius 1 is 1.14 bits per heavy atom. The van der Waals surface area contributed by atoms with Crippen LogP contribution in [0, 0.1) is 0 Å². The molecule has 2 aliphatic rings. The van der Waals surface area contributed by atoms with E-state index in [1.165, 1.54) is 19.4 Å². The molecule has 0 aliphatic carbocycles. The quantitative estimate of drug-likeness (QED) is 0.269. The highest BCUT2D eigenvalue weighted by molar-refractivity contribution is 7.92. The first-order valence-corrected chi connectivity index (χ1v) is 16.2. The number of nitrogens with one attached hydrogen (secondary N) is 3. The molecule has 0 spiro atoms. The van der Waals surface area contributed by atoms with Gasteiger partial charge in [-0.15, -0.1) is 0 Å². The minimum Gasteiger partial charge on any atom is -0.489 e. The number of hydrogen-bond donors (Lipinski definition) is 3. The van der Waals surface area contributed by atoms with Crippen LogP contribution in [0.15, 0.2) is 47.5 Å². The molecule has 234 valence electrons. The largest absolute Gasteiger partial charge is 0.489 e. The Labute approximate surface area is 261 Å². The summed E-state index contributed by atoms with van der Waals surface area (Å²) in [7, 11) is -2.25. The van der Waals surface area contributed by atoms with E-state index >= 15 is 0 Å². The minimum atomic E-state index is -3.59. The lowest BCUT2D eigenvalue weighted by atomic mass is 10.1. The van der Waals surface area contributed by atoms with Crippen LogP contribution in [-0.4, -0.2) is 72.3 Å². The number of carbonyl (C=O) groups is 2. The van der Waals surface area contributed by atoms with Crippen LogP contribution in [0.3, 0.4) is 0 Å². The summed E-state index contributed by atoms with van der Waals surface area (Å²) in [5.74, 6) is 0.348. The maximum absolute atomic E-state index is 13.5. The number of amides is 1. The predicted molar refractivity (Wildman–Crippen MR) is 167 cm³/mol. The van der Waals surface area contributed by atoms with Gasteiger partial charge in [0.2, 0.25) is 5.95 Å². The summed E-state index contributed by atoms with van der Waals surface area (Å²) in [5, 5.41) is 8.89. The fraction of sp³-hybridized carbons (Fsp3) is 0.400. The fourth-order valence-electron chi connectivity index (χ4n) is 5.22. The SMILES string of the molecule is COC(=O)[C@@H]1C[C@@H](N2Cc3cc(OC(C)C)c(Nc4ncc(Cl)c(Nc5ccccc5S(=O)(=O)C(C)C)n4)cc3C2=O)CN1. The molecule has 2 atom stereocenters. The van der Waals surface area contributed by atoms with Gasteiger partial charge in [0.05, 0.1) is 40.9 Å². The number of para-hydroxylation sites is 1. The van der Waals surface area contributed by atoms with Gasteiger partial charge in [0.25, 0.3) is 5.91 Å². The van der Waals surface area contributed by atoms with E-state index in [2.05, 4.69) is 25.9 Å². The molecule has 0 radical (unpaired) electrons. The van der Waals surface area contributed by atoms with Gasteiger partial charge < -0.3 is 30.3 Å². The zero-order valence-corrected chi connectivity index (χ0v) is 26.6. The Kier molecular flexibility index (Phi) is 9.00. The van der Waals surface area contributed by atoms with Crippen molar-refractivity contribution in [2.45, 2.75) is 69.0 Å². The highest BCUT2D eigenvalue weighted by atomic mass is 35.5. The number of nitrogens with zero attached hydrogens (tertiary/aromatic N) is 3. The van der Waals surface area contributed by atoms with Crippen molar-refractivity contribution in [3.8, 4) is 5.75 Å². The van der Waals surface area contributed by atoms with Crippen LogP contribution < -0.4 is 20.7 Å². The van der Waals surface area contributed by atoms with Gasteiger partial charge in [-0.1, -0.05) is 23.7 Å². The van der Waals surface area contributed by atoms with Gasteiger partial charge in [0.1, 0.15) is 16.8 Å². The summed E-state index contributed by atoms with van der Waals surface area (Å²) in [6.07, 6.45) is 1.69. The van der Waals surface area contributed by atoms with Crippen LogP contribution >= 0.6 is 11.6 Å². The Bertz CT molecular complexity index is 1700. The number of halogens is 1. The zero-order valence-electron chi connectivity index (χ0n) is 25.0. The molecule has 12 nitrogen and oxygen atoms in total. The highest BCUT2D eigenvalue weighted by Gasteiger charge is 2.40. The molecule has 14 heteroatoms. The smallest absolute Gasteiger partial charge is 0.322 e. The van der Waals surface area contributed by atoms with Crippen LogP contribution in [0.2, 0.25) is 5.02 Å². The zero-order chi connectivity index (χ0) is 31.8. The third kappa shape index (κ3) is 6.30. The second kappa shape index (κ2) is 12.6. The lowest BCUT2D eigenvalue weighted by Crippen LogP contribution is -2.36. The predicted octanol–water partition coefficient (Wildman–Crippen LogP) is 4.45. The Balaban J connectivity index is 1.43. The first-order valence-electron chi connectivity index (χ1n) is 14.2. The minimum absolute atomic E-state index is 0.129. The molecule has 44 heavy (non-hydrogen) atoms. The molecule has 3 heterocycles. The molecule has 0 bridgehead atoms. The normalized spacial score (nSPS) is 18.1. The van der Waals surface area contributed by atoms with Crippen molar-refractivity contribution in [2.24, 2.45) is 0 Å². The van der Waals surface area contributed by atoms with Gasteiger partial charge in [-0.25, -0.2) is 13.4 Å². The maximum atomic E-state index is 13.5. The first kappa shape index (κ1) is 31.5. The number of sulfone groups is 1. The molecule has 1 aromatic heterocycles. The van der Waals surface area contributed by atoms with E-state index in [1.54, 1.807) is 43.0 Å². The summed E-state index contributed by atoms with van der Waals surface area (Å²) in [6.45, 7) is 7.90. The summed E-state index contributed by atoms with van der Waals surface area (Å²) in [6, 6.07) is 9.46. The topological polar surface area (TPSA) is 152 Å². The molecule has 1 saturated heterocycles. The number of anilines is 4. The lowest BCUT2D eigenvalue weighted by molar-refractivity contribution is -0.142. The van der Waals surface area contributed by atoms with E-state index in [9.17, 15) is 18.0 Å². The highest BCUT2D eigenvalue weighted by Crippen LogP contribution is 2.38. The van der Waals surface area contributed by atoms with Crippen molar-refractivity contribution in [1.82, 2.24) is 20.2 Å². The van der Waals surface area contributed by atoms with E-state index in [0.29, 0.717) is 42.2 Å². The summed E-state index contributed by atoms with van der Waals surface area (Å²) in [5.41, 5.74) is 2.11. The molecule has 1 fully saturated rings. The van der Waals surface area contributed by atoms with Gasteiger partial charge in [-0.05, 0) is 63.9 Å². The second-order valence-corrected chi connectivity index (χ2v) is 14.1. The van der Waals surface area contributed by atoms with Crippen molar-refractivity contribution in [1.29, 1.82) is 0 Å². The number of hydrogen-bond acceptors (Lipinski definition) is 11. The van der Waals surface area contributed by atoms with Gasteiger partial charge in [0, 0.05) is 24.7 Å². The molecule has 1 amide bonds. The molecule has 2 aromatic carbocycles. The third-order valence-electron chi connectivity index (χ3n) is 7.49. The Morgan fingerprint density at radius 2 is 1.89 bits per heavy atom. The molecule has 0 unspecified atom stereocenters. The Hall–Kier alpha value is -3.94. The average Bonchev–Trinajstić information content (AvgIpc) is 3.59. The summed E-state index contributed by atoms with van der Waals surface area (Å²) in [4.78, 5) is 36.2. The van der Waals surface area contributed by atoms with Gasteiger partial charge >= 0.3 is 5.97 Å².